The average molecular weight is 188 g/mol. The minimum atomic E-state index is -0.612. The van der Waals surface area contributed by atoms with Gasteiger partial charge in [0, 0.05) is 0 Å². The van der Waals surface area contributed by atoms with Crippen LogP contribution in [0.15, 0.2) is 23.8 Å². The molecule has 14 heavy (non-hydrogen) atoms. The fraction of sp³-hybridized carbons (Fsp3) is 0.455. The molecule has 0 aromatic heterocycles. The predicted octanol–water partition coefficient (Wildman–Crippen LogP) is 1.13. The van der Waals surface area contributed by atoms with Gasteiger partial charge in [0.15, 0.2) is 0 Å². The minimum absolute atomic E-state index is 0.107. The molecule has 0 aromatic rings. The number of primary amides is 1. The Balaban J connectivity index is 2.15. The average Bonchev–Trinajstić information content (AvgIpc) is 2.74. The van der Waals surface area contributed by atoms with E-state index in [-0.39, 0.29) is 5.57 Å². The topological polar surface area (TPSA) is 66.9 Å². The SMILES string of the molecule is N#C/C(=C\[C@@H]1C[C@H]2C=C[C@H]1C2)C(N)=O. The van der Waals surface area contributed by atoms with Gasteiger partial charge in [0.05, 0.1) is 0 Å². The summed E-state index contributed by atoms with van der Waals surface area (Å²) in [6.07, 6.45) is 8.38. The molecular weight excluding hydrogens is 176 g/mol. The van der Waals surface area contributed by atoms with Crippen LogP contribution in [0.3, 0.4) is 0 Å². The molecule has 3 nitrogen and oxygen atoms in total. The lowest BCUT2D eigenvalue weighted by Crippen LogP contribution is -2.15. The summed E-state index contributed by atoms with van der Waals surface area (Å²) >= 11 is 0. The Labute approximate surface area is 82.9 Å². The quantitative estimate of drug-likeness (QED) is 0.401. The van der Waals surface area contributed by atoms with Gasteiger partial charge in [-0.3, -0.25) is 4.79 Å². The largest absolute Gasteiger partial charge is 0.365 e. The minimum Gasteiger partial charge on any atom is -0.365 e. The van der Waals surface area contributed by atoms with Crippen LogP contribution in [-0.2, 0) is 4.79 Å². The Morgan fingerprint density at radius 3 is 2.71 bits per heavy atom. The monoisotopic (exact) mass is 188 g/mol. The van der Waals surface area contributed by atoms with E-state index in [1.807, 2.05) is 6.07 Å². The number of rotatable bonds is 2. The second-order valence-corrected chi connectivity index (χ2v) is 4.00. The first-order valence-corrected chi connectivity index (χ1v) is 4.80. The highest BCUT2D eigenvalue weighted by atomic mass is 16.1. The van der Waals surface area contributed by atoms with Gasteiger partial charge in [-0.2, -0.15) is 5.26 Å². The molecule has 3 atom stereocenters. The van der Waals surface area contributed by atoms with Crippen LogP contribution in [0, 0.1) is 29.1 Å². The summed E-state index contributed by atoms with van der Waals surface area (Å²) in [4.78, 5) is 10.8. The van der Waals surface area contributed by atoms with Crippen LogP contribution >= 0.6 is 0 Å². The standard InChI is InChI=1S/C11H12N2O/c12-6-10(11(13)14)5-9-4-7-1-2-8(9)3-7/h1-2,5,7-9H,3-4H2,(H2,13,14)/b10-5+/t7-,8-,9-/m0/s1. The molecule has 0 radical (unpaired) electrons. The number of carbonyl (C=O) groups is 1. The van der Waals surface area contributed by atoms with Crippen LogP contribution in [0.5, 0.6) is 0 Å². The van der Waals surface area contributed by atoms with Crippen LogP contribution in [0.4, 0.5) is 0 Å². The van der Waals surface area contributed by atoms with Crippen molar-refractivity contribution in [1.29, 1.82) is 5.26 Å². The molecule has 1 amide bonds. The van der Waals surface area contributed by atoms with Crippen molar-refractivity contribution in [3.63, 3.8) is 0 Å². The smallest absolute Gasteiger partial charge is 0.259 e. The Bertz CT molecular complexity index is 362. The molecular formula is C11H12N2O. The van der Waals surface area contributed by atoms with Crippen molar-refractivity contribution in [3.8, 4) is 6.07 Å². The highest BCUT2D eigenvalue weighted by Crippen LogP contribution is 2.44. The highest BCUT2D eigenvalue weighted by Gasteiger charge is 2.34. The van der Waals surface area contributed by atoms with Crippen molar-refractivity contribution in [3.05, 3.63) is 23.8 Å². The number of nitrogens with zero attached hydrogens (tertiary/aromatic N) is 1. The van der Waals surface area contributed by atoms with E-state index < -0.39 is 5.91 Å². The van der Waals surface area contributed by atoms with E-state index in [1.54, 1.807) is 6.08 Å². The summed E-state index contributed by atoms with van der Waals surface area (Å²) in [6.45, 7) is 0. The van der Waals surface area contributed by atoms with Crippen molar-refractivity contribution in [2.45, 2.75) is 12.8 Å². The molecule has 2 rings (SSSR count). The maximum atomic E-state index is 10.8. The zero-order chi connectivity index (χ0) is 10.1. The van der Waals surface area contributed by atoms with Crippen LogP contribution in [-0.4, -0.2) is 5.91 Å². The lowest BCUT2D eigenvalue weighted by atomic mass is 9.91. The third-order valence-electron chi connectivity index (χ3n) is 3.10. The van der Waals surface area contributed by atoms with E-state index in [2.05, 4.69) is 12.2 Å². The zero-order valence-corrected chi connectivity index (χ0v) is 7.81. The van der Waals surface area contributed by atoms with Gasteiger partial charge >= 0.3 is 0 Å². The van der Waals surface area contributed by atoms with E-state index >= 15 is 0 Å². The van der Waals surface area contributed by atoms with Crippen LogP contribution in [0.1, 0.15) is 12.8 Å². The van der Waals surface area contributed by atoms with Crippen molar-refractivity contribution in [1.82, 2.24) is 0 Å². The molecule has 2 aliphatic carbocycles. The molecule has 0 aliphatic heterocycles. The van der Waals surface area contributed by atoms with Crippen LogP contribution in [0.2, 0.25) is 0 Å². The van der Waals surface area contributed by atoms with Crippen molar-refractivity contribution < 1.29 is 4.79 Å². The Morgan fingerprint density at radius 2 is 2.29 bits per heavy atom. The summed E-state index contributed by atoms with van der Waals surface area (Å²) in [5, 5.41) is 8.69. The second-order valence-electron chi connectivity index (χ2n) is 4.00. The zero-order valence-electron chi connectivity index (χ0n) is 7.81. The summed E-state index contributed by atoms with van der Waals surface area (Å²) in [5.41, 5.74) is 5.18. The predicted molar refractivity (Wildman–Crippen MR) is 51.7 cm³/mol. The fourth-order valence-corrected chi connectivity index (χ4v) is 2.40. The maximum absolute atomic E-state index is 10.8. The van der Waals surface area contributed by atoms with E-state index in [1.165, 1.54) is 6.42 Å². The van der Waals surface area contributed by atoms with Gasteiger partial charge in [-0.1, -0.05) is 18.2 Å². The molecule has 0 heterocycles. The van der Waals surface area contributed by atoms with E-state index in [4.69, 9.17) is 11.0 Å². The van der Waals surface area contributed by atoms with Crippen LogP contribution < -0.4 is 5.73 Å². The first kappa shape index (κ1) is 9.01. The summed E-state index contributed by atoms with van der Waals surface area (Å²) in [7, 11) is 0. The number of hydrogen-bond donors (Lipinski definition) is 1. The normalized spacial score (nSPS) is 34.5. The van der Waals surface area contributed by atoms with Gasteiger partial charge in [0.25, 0.3) is 5.91 Å². The summed E-state index contributed by atoms with van der Waals surface area (Å²) < 4.78 is 0. The molecule has 72 valence electrons. The Kier molecular flexibility index (Phi) is 2.12. The van der Waals surface area contributed by atoms with Crippen molar-refractivity contribution in [2.75, 3.05) is 0 Å². The Morgan fingerprint density at radius 1 is 1.50 bits per heavy atom. The number of nitrogens with two attached hydrogens (primary N) is 1. The van der Waals surface area contributed by atoms with E-state index in [9.17, 15) is 4.79 Å². The van der Waals surface area contributed by atoms with Gasteiger partial charge in [0.1, 0.15) is 11.6 Å². The molecule has 2 bridgehead atoms. The fourth-order valence-electron chi connectivity index (χ4n) is 2.40. The maximum Gasteiger partial charge on any atom is 0.259 e. The van der Waals surface area contributed by atoms with Crippen molar-refractivity contribution >= 4 is 5.91 Å². The van der Waals surface area contributed by atoms with Crippen molar-refractivity contribution in [2.24, 2.45) is 23.5 Å². The molecule has 0 spiro atoms. The number of fused-ring (bicyclic) bond motifs is 2. The van der Waals surface area contributed by atoms with E-state index in [0.29, 0.717) is 17.8 Å². The summed E-state index contributed by atoms with van der Waals surface area (Å²) in [5.74, 6) is 0.892. The molecule has 3 heteroatoms. The molecule has 0 aromatic carbocycles. The number of hydrogen-bond acceptors (Lipinski definition) is 2. The number of allylic oxidation sites excluding steroid dienone is 3. The molecule has 1 saturated carbocycles. The third-order valence-corrected chi connectivity index (χ3v) is 3.10. The Hall–Kier alpha value is -1.56. The first-order chi connectivity index (χ1) is 6.70. The van der Waals surface area contributed by atoms with Gasteiger partial charge in [-0.05, 0) is 30.6 Å². The number of carbonyl (C=O) groups excluding carboxylic acids is 1. The van der Waals surface area contributed by atoms with E-state index in [0.717, 1.165) is 6.42 Å². The summed E-state index contributed by atoms with van der Waals surface area (Å²) in [6, 6.07) is 1.85. The highest BCUT2D eigenvalue weighted by molar-refractivity contribution is 5.95. The van der Waals surface area contributed by atoms with Crippen LogP contribution in [0.25, 0.3) is 0 Å². The lowest BCUT2D eigenvalue weighted by Gasteiger charge is -2.13. The molecule has 2 aliphatic rings. The second kappa shape index (κ2) is 3.30. The van der Waals surface area contributed by atoms with Gasteiger partial charge in [-0.15, -0.1) is 0 Å². The number of nitriles is 1. The number of amides is 1. The van der Waals surface area contributed by atoms with Gasteiger partial charge in [0.2, 0.25) is 0 Å². The van der Waals surface area contributed by atoms with Gasteiger partial charge in [-0.25, -0.2) is 0 Å². The molecule has 2 N–H and O–H groups in total. The molecule has 0 unspecified atom stereocenters. The van der Waals surface area contributed by atoms with Gasteiger partial charge < -0.3 is 5.73 Å². The third kappa shape index (κ3) is 1.44. The first-order valence-electron chi connectivity index (χ1n) is 4.80. The molecule has 0 saturated heterocycles. The molecule has 1 fully saturated rings. The lowest BCUT2D eigenvalue weighted by molar-refractivity contribution is -0.114.